The first-order valence-electron chi connectivity index (χ1n) is 13.4. The molecule has 4 heterocycles. The lowest BCUT2D eigenvalue weighted by molar-refractivity contribution is 0.171. The molecule has 0 radical (unpaired) electrons. The molecule has 1 aromatic carbocycles. The number of aromatic nitrogens is 2. The Labute approximate surface area is 219 Å². The van der Waals surface area contributed by atoms with E-state index in [-0.39, 0.29) is 0 Å². The first kappa shape index (κ1) is 24.9. The molecule has 0 saturated carbocycles. The van der Waals surface area contributed by atoms with Gasteiger partial charge in [0.25, 0.3) is 0 Å². The fraction of sp³-hybridized carbons (Fsp3) is 0.593. The lowest BCUT2D eigenvalue weighted by Gasteiger charge is -2.36. The van der Waals surface area contributed by atoms with Crippen LogP contribution in [0.5, 0.6) is 11.5 Å². The summed E-state index contributed by atoms with van der Waals surface area (Å²) in [5, 5.41) is 7.06. The Morgan fingerprint density at radius 1 is 0.917 bits per heavy atom. The Morgan fingerprint density at radius 3 is 2.31 bits per heavy atom. The van der Waals surface area contributed by atoms with Gasteiger partial charge in [0.15, 0.2) is 16.6 Å². The molecule has 1 aromatic heterocycles. The van der Waals surface area contributed by atoms with Gasteiger partial charge in [-0.1, -0.05) is 32.8 Å². The zero-order valence-electron chi connectivity index (χ0n) is 21.5. The predicted molar refractivity (Wildman–Crippen MR) is 148 cm³/mol. The van der Waals surface area contributed by atoms with Crippen molar-refractivity contribution in [1.29, 1.82) is 0 Å². The van der Waals surface area contributed by atoms with Gasteiger partial charge in [-0.05, 0) is 61.0 Å². The van der Waals surface area contributed by atoms with Crippen LogP contribution in [0.25, 0.3) is 0 Å². The Morgan fingerprint density at radius 2 is 1.58 bits per heavy atom. The second-order valence-electron chi connectivity index (χ2n) is 10.4. The normalized spacial score (nSPS) is 22.1. The summed E-state index contributed by atoms with van der Waals surface area (Å²) in [6, 6.07) is 8.14. The Hall–Kier alpha value is -2.81. The molecule has 2 fully saturated rings. The van der Waals surface area contributed by atoms with E-state index in [1.165, 1.54) is 32.1 Å². The number of nitrogens with one attached hydrogen (secondary N) is 2. The van der Waals surface area contributed by atoms with Gasteiger partial charge in [-0.25, -0.2) is 0 Å². The summed E-state index contributed by atoms with van der Waals surface area (Å²) in [7, 11) is 0. The standard InChI is InChI=1S/C27H38N6O2S/c1-19-13-20(2)18-33(17-19)25-15-24(32-9-5-3-4-6-10-32)29-26(30-25)31-27(36)28-16-21-7-8-22-23(14-21)35-12-11-34-22/h7-8,14-15,19-20H,3-6,9-13,16-18H2,1-2H3,(H2,28,29,30,31,36)/t19-,20-/m0/s1. The van der Waals surface area contributed by atoms with Crippen molar-refractivity contribution in [3.05, 3.63) is 29.8 Å². The van der Waals surface area contributed by atoms with Crippen molar-refractivity contribution in [3.63, 3.8) is 0 Å². The molecule has 9 heteroatoms. The third-order valence-electron chi connectivity index (χ3n) is 7.11. The van der Waals surface area contributed by atoms with Crippen LogP contribution in [0.1, 0.15) is 51.5 Å². The van der Waals surface area contributed by atoms with Crippen LogP contribution >= 0.6 is 12.2 Å². The average Bonchev–Trinajstić information content (AvgIpc) is 3.16. The van der Waals surface area contributed by atoms with E-state index in [0.29, 0.717) is 42.7 Å². The van der Waals surface area contributed by atoms with E-state index >= 15 is 0 Å². The molecular weight excluding hydrogens is 472 g/mol. The second-order valence-corrected chi connectivity index (χ2v) is 10.9. The highest BCUT2D eigenvalue weighted by Gasteiger charge is 2.25. The van der Waals surface area contributed by atoms with Crippen LogP contribution in [-0.4, -0.2) is 54.5 Å². The van der Waals surface area contributed by atoms with Crippen molar-refractivity contribution in [1.82, 2.24) is 15.3 Å². The lowest BCUT2D eigenvalue weighted by atomic mass is 9.92. The van der Waals surface area contributed by atoms with Crippen molar-refractivity contribution in [3.8, 4) is 11.5 Å². The van der Waals surface area contributed by atoms with E-state index in [2.05, 4.69) is 40.3 Å². The van der Waals surface area contributed by atoms with Gasteiger partial charge in [0.05, 0.1) is 0 Å². The SMILES string of the molecule is C[C@H]1C[C@H](C)CN(c2cc(N3CCCCCC3)nc(NC(=S)NCc3ccc4c(c3)OCCO4)n2)C1. The maximum absolute atomic E-state index is 5.70. The van der Waals surface area contributed by atoms with Gasteiger partial charge in [0.1, 0.15) is 24.8 Å². The Balaban J connectivity index is 1.30. The molecule has 0 spiro atoms. The molecule has 2 saturated heterocycles. The van der Waals surface area contributed by atoms with Gasteiger partial charge in [-0.3, -0.25) is 0 Å². The van der Waals surface area contributed by atoms with Gasteiger partial charge in [0.2, 0.25) is 5.95 Å². The lowest BCUT2D eigenvalue weighted by Crippen LogP contribution is -2.39. The summed E-state index contributed by atoms with van der Waals surface area (Å²) in [5.74, 6) is 5.40. The van der Waals surface area contributed by atoms with Gasteiger partial charge in [0, 0.05) is 38.8 Å². The van der Waals surface area contributed by atoms with Crippen molar-refractivity contribution in [2.75, 3.05) is 54.5 Å². The largest absolute Gasteiger partial charge is 0.486 e. The summed E-state index contributed by atoms with van der Waals surface area (Å²) in [6.45, 7) is 10.5. The summed E-state index contributed by atoms with van der Waals surface area (Å²) >= 11 is 5.63. The van der Waals surface area contributed by atoms with Gasteiger partial charge < -0.3 is 29.9 Å². The summed E-state index contributed by atoms with van der Waals surface area (Å²) in [5.41, 5.74) is 1.07. The predicted octanol–water partition coefficient (Wildman–Crippen LogP) is 4.60. The van der Waals surface area contributed by atoms with E-state index in [9.17, 15) is 0 Å². The van der Waals surface area contributed by atoms with Gasteiger partial charge in [-0.15, -0.1) is 0 Å². The number of thiocarbonyl (C=S) groups is 1. The summed E-state index contributed by atoms with van der Waals surface area (Å²) in [6.07, 6.45) is 6.24. The van der Waals surface area contributed by atoms with E-state index in [1.807, 2.05) is 18.2 Å². The minimum atomic E-state index is 0.504. The number of piperidine rings is 1. The minimum absolute atomic E-state index is 0.504. The zero-order valence-corrected chi connectivity index (χ0v) is 22.3. The number of hydrogen-bond acceptors (Lipinski definition) is 7. The van der Waals surface area contributed by atoms with Crippen LogP contribution < -0.4 is 29.9 Å². The van der Waals surface area contributed by atoms with E-state index < -0.39 is 0 Å². The van der Waals surface area contributed by atoms with Gasteiger partial charge in [-0.2, -0.15) is 9.97 Å². The third-order valence-corrected chi connectivity index (χ3v) is 7.35. The monoisotopic (exact) mass is 510 g/mol. The maximum Gasteiger partial charge on any atom is 0.232 e. The van der Waals surface area contributed by atoms with Gasteiger partial charge >= 0.3 is 0 Å². The molecule has 8 nitrogen and oxygen atoms in total. The van der Waals surface area contributed by atoms with Crippen LogP contribution in [0.3, 0.4) is 0 Å². The average molecular weight is 511 g/mol. The number of fused-ring (bicyclic) bond motifs is 1. The Bertz CT molecular complexity index is 1050. The highest BCUT2D eigenvalue weighted by Crippen LogP contribution is 2.31. The summed E-state index contributed by atoms with van der Waals surface area (Å²) < 4.78 is 11.3. The van der Waals surface area contributed by atoms with Crippen molar-refractivity contribution in [2.24, 2.45) is 11.8 Å². The maximum atomic E-state index is 5.70. The van der Waals surface area contributed by atoms with E-state index in [4.69, 9.17) is 31.7 Å². The molecule has 2 atom stereocenters. The number of anilines is 3. The zero-order chi connectivity index (χ0) is 24.9. The molecule has 0 bridgehead atoms. The molecule has 194 valence electrons. The molecule has 3 aliphatic rings. The fourth-order valence-corrected chi connectivity index (χ4v) is 5.64. The molecular formula is C27H38N6O2S. The first-order valence-corrected chi connectivity index (χ1v) is 13.8. The Kier molecular flexibility index (Phi) is 7.94. The molecule has 2 N–H and O–H groups in total. The summed E-state index contributed by atoms with van der Waals surface area (Å²) in [4.78, 5) is 14.6. The smallest absolute Gasteiger partial charge is 0.232 e. The number of ether oxygens (including phenoxy) is 2. The fourth-order valence-electron chi connectivity index (χ4n) is 5.48. The number of hydrogen-bond donors (Lipinski definition) is 2. The van der Waals surface area contributed by atoms with Crippen LogP contribution in [0, 0.1) is 11.8 Å². The molecule has 0 amide bonds. The van der Waals surface area contributed by atoms with Crippen molar-refractivity contribution >= 4 is 34.9 Å². The molecule has 5 rings (SSSR count). The molecule has 0 aliphatic carbocycles. The quantitative estimate of drug-likeness (QED) is 0.562. The van der Waals surface area contributed by atoms with E-state index in [0.717, 1.165) is 54.9 Å². The molecule has 2 aromatic rings. The van der Waals surface area contributed by atoms with Crippen LogP contribution in [0.2, 0.25) is 0 Å². The van der Waals surface area contributed by atoms with Crippen LogP contribution in [0.4, 0.5) is 17.6 Å². The third kappa shape index (κ3) is 6.30. The number of benzene rings is 1. The topological polar surface area (TPSA) is 74.8 Å². The second kappa shape index (κ2) is 11.5. The molecule has 0 unspecified atom stereocenters. The van der Waals surface area contributed by atoms with Crippen LogP contribution in [-0.2, 0) is 6.54 Å². The van der Waals surface area contributed by atoms with Crippen molar-refractivity contribution in [2.45, 2.75) is 52.5 Å². The highest BCUT2D eigenvalue weighted by atomic mass is 32.1. The highest BCUT2D eigenvalue weighted by molar-refractivity contribution is 7.80. The number of rotatable bonds is 5. The van der Waals surface area contributed by atoms with Crippen LogP contribution in [0.15, 0.2) is 24.3 Å². The van der Waals surface area contributed by atoms with E-state index in [1.54, 1.807) is 0 Å². The molecule has 3 aliphatic heterocycles. The van der Waals surface area contributed by atoms with Crippen molar-refractivity contribution < 1.29 is 9.47 Å². The minimum Gasteiger partial charge on any atom is -0.486 e. The first-order chi connectivity index (χ1) is 17.5. The molecule has 36 heavy (non-hydrogen) atoms. The number of nitrogens with zero attached hydrogens (tertiary/aromatic N) is 4.